The number of ether oxygens (including phenoxy) is 1. The first kappa shape index (κ1) is 31.1. The summed E-state index contributed by atoms with van der Waals surface area (Å²) in [4.78, 5) is 29.1. The van der Waals surface area contributed by atoms with Crippen LogP contribution < -0.4 is 14.4 Å². The number of rotatable bonds is 12. The van der Waals surface area contributed by atoms with E-state index >= 15 is 0 Å². The monoisotopic (exact) mass is 591 g/mol. The predicted octanol–water partition coefficient (Wildman–Crippen LogP) is 5.37. The van der Waals surface area contributed by atoms with E-state index in [-0.39, 0.29) is 23.4 Å². The summed E-state index contributed by atoms with van der Waals surface area (Å²) < 4.78 is 34.7. The number of carbonyl (C=O) groups excluding carboxylic acids is 2. The van der Waals surface area contributed by atoms with Crippen molar-refractivity contribution in [2.75, 3.05) is 17.5 Å². The van der Waals surface area contributed by atoms with E-state index in [0.717, 1.165) is 46.7 Å². The van der Waals surface area contributed by atoms with E-state index in [9.17, 15) is 18.0 Å². The number of sulfonamides is 1. The number of nitrogens with zero attached hydrogens (tertiary/aromatic N) is 2. The Bertz CT molecular complexity index is 1470. The lowest BCUT2D eigenvalue weighted by atomic mass is 10.1. The molecular weight excluding hydrogens is 550 g/mol. The van der Waals surface area contributed by atoms with Crippen LogP contribution in [-0.2, 0) is 26.2 Å². The molecule has 0 heterocycles. The van der Waals surface area contributed by atoms with E-state index in [1.807, 2.05) is 45.0 Å². The zero-order chi connectivity index (χ0) is 30.3. The van der Waals surface area contributed by atoms with Crippen LogP contribution in [0.5, 0.6) is 5.75 Å². The fourth-order valence-corrected chi connectivity index (χ4v) is 6.60. The molecule has 224 valence electrons. The van der Waals surface area contributed by atoms with Crippen LogP contribution in [-0.4, -0.2) is 50.4 Å². The summed E-state index contributed by atoms with van der Waals surface area (Å²) in [6.07, 6.45) is 3.98. The van der Waals surface area contributed by atoms with E-state index in [0.29, 0.717) is 18.0 Å². The van der Waals surface area contributed by atoms with Gasteiger partial charge < -0.3 is 15.0 Å². The fourth-order valence-electron chi connectivity index (χ4n) is 5.19. The van der Waals surface area contributed by atoms with E-state index < -0.39 is 28.5 Å². The highest BCUT2D eigenvalue weighted by molar-refractivity contribution is 7.92. The second-order valence-electron chi connectivity index (χ2n) is 10.9. The maximum absolute atomic E-state index is 14.1. The van der Waals surface area contributed by atoms with Gasteiger partial charge in [-0.2, -0.15) is 0 Å². The molecule has 0 saturated heterocycles. The van der Waals surface area contributed by atoms with Crippen molar-refractivity contribution in [3.8, 4) is 5.75 Å². The van der Waals surface area contributed by atoms with Crippen molar-refractivity contribution < 1.29 is 22.7 Å². The minimum absolute atomic E-state index is 0.0762. The summed E-state index contributed by atoms with van der Waals surface area (Å²) in [5, 5.41) is 3.10. The second-order valence-corrected chi connectivity index (χ2v) is 12.7. The first-order chi connectivity index (χ1) is 20.1. The Balaban J connectivity index is 1.69. The van der Waals surface area contributed by atoms with Crippen LogP contribution in [0.4, 0.5) is 5.69 Å². The molecule has 0 spiro atoms. The second kappa shape index (κ2) is 13.9. The molecule has 1 aliphatic rings. The van der Waals surface area contributed by atoms with Gasteiger partial charge in [0, 0.05) is 12.6 Å². The first-order valence-corrected chi connectivity index (χ1v) is 16.0. The van der Waals surface area contributed by atoms with Crippen LogP contribution in [0, 0.1) is 13.8 Å². The molecule has 1 unspecified atom stereocenters. The minimum atomic E-state index is -4.13. The summed E-state index contributed by atoms with van der Waals surface area (Å²) in [5.41, 5.74) is 3.12. The molecule has 4 rings (SSSR count). The summed E-state index contributed by atoms with van der Waals surface area (Å²) >= 11 is 0. The molecule has 0 radical (unpaired) electrons. The Morgan fingerprint density at radius 1 is 0.952 bits per heavy atom. The lowest BCUT2D eigenvalue weighted by Gasteiger charge is -2.33. The van der Waals surface area contributed by atoms with Crippen molar-refractivity contribution in [3.05, 3.63) is 89.5 Å². The van der Waals surface area contributed by atoms with E-state index in [4.69, 9.17) is 4.74 Å². The normalized spacial score (nSPS) is 14.3. The highest BCUT2D eigenvalue weighted by atomic mass is 32.2. The van der Waals surface area contributed by atoms with Crippen LogP contribution in [0.1, 0.15) is 56.2 Å². The zero-order valence-corrected chi connectivity index (χ0v) is 25.7. The number of hydrogen-bond donors (Lipinski definition) is 1. The van der Waals surface area contributed by atoms with Gasteiger partial charge in [0.25, 0.3) is 10.0 Å². The topological polar surface area (TPSA) is 96.0 Å². The third kappa shape index (κ3) is 7.50. The van der Waals surface area contributed by atoms with Gasteiger partial charge in [-0.3, -0.25) is 13.9 Å². The largest absolute Gasteiger partial charge is 0.494 e. The average Bonchev–Trinajstić information content (AvgIpc) is 3.49. The molecule has 1 atom stereocenters. The van der Waals surface area contributed by atoms with Crippen molar-refractivity contribution in [1.29, 1.82) is 0 Å². The minimum Gasteiger partial charge on any atom is -0.494 e. The number of carbonyl (C=O) groups is 2. The van der Waals surface area contributed by atoms with Gasteiger partial charge >= 0.3 is 0 Å². The number of benzene rings is 3. The predicted molar refractivity (Wildman–Crippen MR) is 165 cm³/mol. The number of nitrogens with one attached hydrogen (secondary N) is 1. The van der Waals surface area contributed by atoms with Gasteiger partial charge in [0.1, 0.15) is 18.3 Å². The smallest absolute Gasteiger partial charge is 0.264 e. The number of amides is 2. The number of aryl methyl sites for hydroxylation is 2. The van der Waals surface area contributed by atoms with Crippen LogP contribution in [0.15, 0.2) is 77.7 Å². The average molecular weight is 592 g/mol. The third-order valence-electron chi connectivity index (χ3n) is 7.79. The highest BCUT2D eigenvalue weighted by Crippen LogP contribution is 2.27. The fraction of sp³-hybridized carbons (Fsp3) is 0.394. The maximum atomic E-state index is 14.1. The quantitative estimate of drug-likeness (QED) is 0.305. The van der Waals surface area contributed by atoms with Gasteiger partial charge in [-0.05, 0) is 88.1 Å². The van der Waals surface area contributed by atoms with Gasteiger partial charge in [-0.1, -0.05) is 54.8 Å². The van der Waals surface area contributed by atoms with Gasteiger partial charge in [-0.15, -0.1) is 0 Å². The van der Waals surface area contributed by atoms with Crippen LogP contribution in [0.3, 0.4) is 0 Å². The lowest BCUT2D eigenvalue weighted by molar-refractivity contribution is -0.139. The molecule has 2 amide bonds. The van der Waals surface area contributed by atoms with E-state index in [1.165, 1.54) is 4.90 Å². The zero-order valence-electron chi connectivity index (χ0n) is 24.9. The van der Waals surface area contributed by atoms with Crippen LogP contribution in [0.2, 0.25) is 0 Å². The molecule has 0 aliphatic heterocycles. The van der Waals surface area contributed by atoms with Crippen LogP contribution in [0.25, 0.3) is 0 Å². The summed E-state index contributed by atoms with van der Waals surface area (Å²) in [5.74, 6) is -0.117. The van der Waals surface area contributed by atoms with E-state index in [1.54, 1.807) is 55.5 Å². The van der Waals surface area contributed by atoms with Gasteiger partial charge in [0.05, 0.1) is 17.2 Å². The van der Waals surface area contributed by atoms with Crippen molar-refractivity contribution in [1.82, 2.24) is 10.2 Å². The number of hydrogen-bond acceptors (Lipinski definition) is 5. The molecule has 0 aromatic heterocycles. The summed E-state index contributed by atoms with van der Waals surface area (Å²) in [7, 11) is -4.13. The molecule has 1 fully saturated rings. The maximum Gasteiger partial charge on any atom is 0.264 e. The molecule has 42 heavy (non-hydrogen) atoms. The Hall–Kier alpha value is -3.85. The Labute approximate surface area is 249 Å². The molecule has 3 aromatic carbocycles. The molecule has 1 aliphatic carbocycles. The SMILES string of the molecule is CCOc1ccc(N(CC(=O)N(Cc2ccccc2C)C(C)C(=O)NC2CCCC2)S(=O)(=O)c2ccc(C)cc2)cc1. The van der Waals surface area contributed by atoms with Crippen LogP contribution >= 0.6 is 0 Å². The molecule has 9 heteroatoms. The van der Waals surface area contributed by atoms with Gasteiger partial charge in [0.2, 0.25) is 11.8 Å². The first-order valence-electron chi connectivity index (χ1n) is 14.6. The number of anilines is 1. The standard InChI is InChI=1S/C33H41N3O5S/c1-5-41-30-18-16-29(17-19-30)36(42(39,40)31-20-14-24(2)15-21-31)23-32(37)35(22-27-11-7-6-10-25(27)3)26(4)33(38)34-28-12-8-9-13-28/h6-7,10-11,14-21,26,28H,5,8-9,12-13,22-23H2,1-4H3,(H,34,38). The van der Waals surface area contributed by atoms with Crippen molar-refractivity contribution in [2.24, 2.45) is 0 Å². The molecule has 1 saturated carbocycles. The van der Waals surface area contributed by atoms with Crippen molar-refractivity contribution in [3.63, 3.8) is 0 Å². The molecule has 0 bridgehead atoms. The van der Waals surface area contributed by atoms with E-state index in [2.05, 4.69) is 5.32 Å². The molecule has 8 nitrogen and oxygen atoms in total. The van der Waals surface area contributed by atoms with Crippen molar-refractivity contribution in [2.45, 2.75) is 76.9 Å². The third-order valence-corrected chi connectivity index (χ3v) is 9.58. The highest BCUT2D eigenvalue weighted by Gasteiger charge is 2.33. The summed E-state index contributed by atoms with van der Waals surface area (Å²) in [6, 6.07) is 20.1. The van der Waals surface area contributed by atoms with Gasteiger partial charge in [-0.25, -0.2) is 8.42 Å². The lowest BCUT2D eigenvalue weighted by Crippen LogP contribution is -2.52. The summed E-state index contributed by atoms with van der Waals surface area (Å²) in [6.45, 7) is 7.58. The molecule has 3 aromatic rings. The Morgan fingerprint density at radius 2 is 1.60 bits per heavy atom. The molecule has 1 N–H and O–H groups in total. The molecular formula is C33H41N3O5S. The van der Waals surface area contributed by atoms with Gasteiger partial charge in [0.15, 0.2) is 0 Å². The van der Waals surface area contributed by atoms with Crippen molar-refractivity contribution >= 4 is 27.5 Å². The Morgan fingerprint density at radius 3 is 2.21 bits per heavy atom. The Kier molecular flexibility index (Phi) is 10.3.